The second-order valence-corrected chi connectivity index (χ2v) is 4.25. The topological polar surface area (TPSA) is 56.0 Å². The largest absolute Gasteiger partial charge is 0.256 e. The first-order valence-electron chi connectivity index (χ1n) is 5.95. The van der Waals surface area contributed by atoms with Gasteiger partial charge in [-0.3, -0.25) is 4.98 Å². The van der Waals surface area contributed by atoms with Gasteiger partial charge in [0.05, 0.1) is 11.2 Å². The maximum atomic E-state index is 4.38. The van der Waals surface area contributed by atoms with E-state index in [4.69, 9.17) is 0 Å². The van der Waals surface area contributed by atoms with Crippen LogP contribution in [0.3, 0.4) is 0 Å². The number of pyridine rings is 2. The summed E-state index contributed by atoms with van der Waals surface area (Å²) in [6.45, 7) is 0. The average Bonchev–Trinajstić information content (AvgIpc) is 2.97. The molecule has 0 unspecified atom stereocenters. The lowest BCUT2D eigenvalue weighted by molar-refractivity contribution is 0.842. The Morgan fingerprint density at radius 1 is 0.947 bits per heavy atom. The van der Waals surface area contributed by atoms with Crippen molar-refractivity contribution in [3.8, 4) is 11.3 Å². The van der Waals surface area contributed by atoms with E-state index in [-0.39, 0.29) is 0 Å². The zero-order valence-corrected chi connectivity index (χ0v) is 9.93. The van der Waals surface area contributed by atoms with Crippen LogP contribution in [-0.2, 0) is 0 Å². The van der Waals surface area contributed by atoms with Crippen molar-refractivity contribution in [1.82, 2.24) is 25.0 Å². The van der Waals surface area contributed by atoms with Crippen LogP contribution in [0.25, 0.3) is 27.8 Å². The van der Waals surface area contributed by atoms with Gasteiger partial charge < -0.3 is 0 Å². The highest BCUT2D eigenvalue weighted by Gasteiger charge is 2.11. The van der Waals surface area contributed by atoms with E-state index in [0.717, 1.165) is 27.8 Å². The molecule has 0 aliphatic rings. The second-order valence-electron chi connectivity index (χ2n) is 4.25. The van der Waals surface area contributed by atoms with Gasteiger partial charge in [0.1, 0.15) is 0 Å². The Morgan fingerprint density at radius 3 is 2.74 bits per heavy atom. The molecule has 0 fully saturated rings. The molecule has 3 heterocycles. The summed E-state index contributed by atoms with van der Waals surface area (Å²) in [5.74, 6) is 0. The Labute approximate surface area is 108 Å². The van der Waals surface area contributed by atoms with Crippen molar-refractivity contribution in [3.05, 3.63) is 54.7 Å². The summed E-state index contributed by atoms with van der Waals surface area (Å²) >= 11 is 0. The first-order chi connectivity index (χ1) is 9.43. The minimum atomic E-state index is 0.720. The molecule has 90 valence electrons. The molecule has 0 bridgehead atoms. The minimum absolute atomic E-state index is 0.720. The molecule has 19 heavy (non-hydrogen) atoms. The zero-order valence-electron chi connectivity index (χ0n) is 9.93. The molecule has 5 nitrogen and oxygen atoms in total. The fraction of sp³-hybridized carbons (Fsp3) is 0. The number of para-hydroxylation sites is 1. The Kier molecular flexibility index (Phi) is 2.05. The molecule has 0 saturated carbocycles. The lowest BCUT2D eigenvalue weighted by Crippen LogP contribution is -1.94. The summed E-state index contributed by atoms with van der Waals surface area (Å²) in [7, 11) is 0. The molecule has 4 aromatic rings. The maximum absolute atomic E-state index is 4.38. The molecule has 4 rings (SSSR count). The van der Waals surface area contributed by atoms with Gasteiger partial charge in [0.2, 0.25) is 0 Å². The molecule has 0 radical (unpaired) electrons. The first-order valence-corrected chi connectivity index (χ1v) is 5.95. The summed E-state index contributed by atoms with van der Waals surface area (Å²) in [6.07, 6.45) is 1.77. The van der Waals surface area contributed by atoms with Gasteiger partial charge in [-0.05, 0) is 34.7 Å². The summed E-state index contributed by atoms with van der Waals surface area (Å²) in [5.41, 5.74) is 3.51. The molecule has 5 heteroatoms. The molecular weight excluding hydrogens is 238 g/mol. The van der Waals surface area contributed by atoms with Crippen LogP contribution in [0.1, 0.15) is 0 Å². The molecule has 0 saturated heterocycles. The van der Waals surface area contributed by atoms with E-state index < -0.39 is 0 Å². The second kappa shape index (κ2) is 3.84. The van der Waals surface area contributed by atoms with E-state index in [0.29, 0.717) is 0 Å². The standard InChI is InChI=1S/C14H9N5/c1-2-7-13-10(5-1)9-11(12-6-3-4-8-15-12)14-16-17-18-19(13)14/h1-9H. The van der Waals surface area contributed by atoms with Gasteiger partial charge in [-0.2, -0.15) is 4.52 Å². The number of hydrogen-bond acceptors (Lipinski definition) is 4. The number of aromatic nitrogens is 5. The van der Waals surface area contributed by atoms with Gasteiger partial charge in [-0.25, -0.2) is 0 Å². The molecule has 0 atom stereocenters. The van der Waals surface area contributed by atoms with E-state index in [2.05, 4.69) is 26.6 Å². The number of benzene rings is 1. The molecule has 0 aliphatic heterocycles. The van der Waals surface area contributed by atoms with Crippen molar-refractivity contribution >= 4 is 16.6 Å². The third kappa shape index (κ3) is 1.48. The summed E-state index contributed by atoms with van der Waals surface area (Å²) in [5, 5.41) is 13.0. The smallest absolute Gasteiger partial charge is 0.189 e. The average molecular weight is 247 g/mol. The van der Waals surface area contributed by atoms with Crippen LogP contribution in [0.4, 0.5) is 0 Å². The van der Waals surface area contributed by atoms with Gasteiger partial charge >= 0.3 is 0 Å². The Balaban J connectivity index is 2.17. The lowest BCUT2D eigenvalue weighted by Gasteiger charge is -2.05. The maximum Gasteiger partial charge on any atom is 0.189 e. The number of fused-ring (bicyclic) bond motifs is 3. The Bertz CT molecular complexity index is 867. The van der Waals surface area contributed by atoms with Crippen molar-refractivity contribution in [2.75, 3.05) is 0 Å². The number of tetrazole rings is 1. The van der Waals surface area contributed by atoms with Gasteiger partial charge in [0, 0.05) is 17.1 Å². The Morgan fingerprint density at radius 2 is 1.84 bits per heavy atom. The van der Waals surface area contributed by atoms with Gasteiger partial charge in [0.15, 0.2) is 5.65 Å². The zero-order chi connectivity index (χ0) is 12.7. The molecule has 0 spiro atoms. The summed E-state index contributed by atoms with van der Waals surface area (Å²) in [4.78, 5) is 4.38. The van der Waals surface area contributed by atoms with Gasteiger partial charge in [0.25, 0.3) is 0 Å². The van der Waals surface area contributed by atoms with E-state index in [1.807, 2.05) is 42.5 Å². The van der Waals surface area contributed by atoms with E-state index >= 15 is 0 Å². The highest BCUT2D eigenvalue weighted by molar-refractivity contribution is 5.90. The first kappa shape index (κ1) is 10.1. The molecular formula is C14H9N5. The molecule has 0 amide bonds. The highest BCUT2D eigenvalue weighted by Crippen LogP contribution is 2.26. The predicted octanol–water partition coefficient (Wildman–Crippen LogP) is 2.34. The lowest BCUT2D eigenvalue weighted by atomic mass is 10.1. The van der Waals surface area contributed by atoms with Crippen molar-refractivity contribution in [2.24, 2.45) is 0 Å². The fourth-order valence-electron chi connectivity index (χ4n) is 2.25. The highest BCUT2D eigenvalue weighted by atomic mass is 15.5. The van der Waals surface area contributed by atoms with Gasteiger partial charge in [-0.15, -0.1) is 5.10 Å². The van der Waals surface area contributed by atoms with Crippen LogP contribution >= 0.6 is 0 Å². The number of hydrogen-bond donors (Lipinski definition) is 0. The van der Waals surface area contributed by atoms with Crippen molar-refractivity contribution in [3.63, 3.8) is 0 Å². The van der Waals surface area contributed by atoms with Crippen LogP contribution in [0.15, 0.2) is 54.7 Å². The minimum Gasteiger partial charge on any atom is -0.256 e. The number of nitrogens with zero attached hydrogens (tertiary/aromatic N) is 5. The Hall–Kier alpha value is -2.82. The van der Waals surface area contributed by atoms with E-state index in [1.54, 1.807) is 10.7 Å². The third-order valence-corrected chi connectivity index (χ3v) is 3.12. The van der Waals surface area contributed by atoms with Crippen molar-refractivity contribution in [2.45, 2.75) is 0 Å². The fourth-order valence-corrected chi connectivity index (χ4v) is 2.25. The summed E-state index contributed by atoms with van der Waals surface area (Å²) < 4.78 is 1.75. The molecule has 3 aromatic heterocycles. The quantitative estimate of drug-likeness (QED) is 0.518. The molecule has 1 aromatic carbocycles. The molecule has 0 N–H and O–H groups in total. The van der Waals surface area contributed by atoms with E-state index in [9.17, 15) is 0 Å². The van der Waals surface area contributed by atoms with Crippen LogP contribution in [0.2, 0.25) is 0 Å². The monoisotopic (exact) mass is 247 g/mol. The van der Waals surface area contributed by atoms with Crippen LogP contribution in [-0.4, -0.2) is 25.0 Å². The summed E-state index contributed by atoms with van der Waals surface area (Å²) in [6, 6.07) is 15.9. The number of rotatable bonds is 1. The van der Waals surface area contributed by atoms with Crippen LogP contribution < -0.4 is 0 Å². The van der Waals surface area contributed by atoms with Crippen LogP contribution in [0, 0.1) is 0 Å². The predicted molar refractivity (Wildman–Crippen MR) is 71.5 cm³/mol. The molecule has 0 aliphatic carbocycles. The van der Waals surface area contributed by atoms with Crippen molar-refractivity contribution < 1.29 is 0 Å². The van der Waals surface area contributed by atoms with Gasteiger partial charge in [-0.1, -0.05) is 24.3 Å². The third-order valence-electron chi connectivity index (χ3n) is 3.12. The van der Waals surface area contributed by atoms with Crippen molar-refractivity contribution in [1.29, 1.82) is 0 Å². The normalized spacial score (nSPS) is 11.2. The van der Waals surface area contributed by atoms with E-state index in [1.165, 1.54) is 0 Å². The SMILES string of the molecule is c1ccc(-c2cc3ccccc3n3nnnc23)nc1. The van der Waals surface area contributed by atoms with Crippen LogP contribution in [0.5, 0.6) is 0 Å².